The third-order valence-electron chi connectivity index (χ3n) is 1.94. The lowest BCUT2D eigenvalue weighted by molar-refractivity contribution is -0.323. The molecule has 0 saturated carbocycles. The van der Waals surface area contributed by atoms with E-state index in [2.05, 4.69) is 10.1 Å². The van der Waals surface area contributed by atoms with Crippen LogP contribution in [0.25, 0.3) is 0 Å². The number of nitrogens with one attached hydrogen (secondary N) is 1. The molecule has 0 rings (SSSR count). The average Bonchev–Trinajstić information content (AvgIpc) is 1.96. The van der Waals surface area contributed by atoms with Gasteiger partial charge in [-0.25, -0.2) is 0 Å². The Balaban J connectivity index is 3.65. The van der Waals surface area contributed by atoms with Crippen LogP contribution in [0, 0.1) is 0 Å². The number of halogens is 4. The molecule has 0 fully saturated rings. The maximum absolute atomic E-state index is 11.6. The number of hydrogen-bond donors (Lipinski definition) is 1. The van der Waals surface area contributed by atoms with E-state index >= 15 is 0 Å². The normalized spacial score (nSPS) is 15.6. The van der Waals surface area contributed by atoms with Crippen LogP contribution in [-0.4, -0.2) is 30.4 Å². The topological polar surface area (TPSA) is 21.3 Å². The quantitative estimate of drug-likeness (QED) is 0.582. The van der Waals surface area contributed by atoms with E-state index in [1.54, 1.807) is 6.92 Å². The van der Waals surface area contributed by atoms with Gasteiger partial charge in [-0.1, -0.05) is 0 Å². The summed E-state index contributed by atoms with van der Waals surface area (Å²) in [6, 6.07) is 0. The molecule has 0 radical (unpaired) electrons. The van der Waals surface area contributed by atoms with E-state index in [1.807, 2.05) is 13.8 Å². The molecule has 1 unspecified atom stereocenters. The highest BCUT2D eigenvalue weighted by atomic mass is 35.5. The van der Waals surface area contributed by atoms with Crippen LogP contribution in [0.15, 0.2) is 0 Å². The molecule has 0 saturated heterocycles. The Hall–Kier alpha value is -0.0000000000000000555. The summed E-state index contributed by atoms with van der Waals surface area (Å²) in [5.74, 6) is 0. The molecule has 0 heterocycles. The Kier molecular flexibility index (Phi) is 5.19. The van der Waals surface area contributed by atoms with Crippen molar-refractivity contribution in [2.45, 2.75) is 38.0 Å². The predicted octanol–water partition coefficient (Wildman–Crippen LogP) is 2.52. The maximum Gasteiger partial charge on any atom is 0.522 e. The van der Waals surface area contributed by atoms with E-state index in [9.17, 15) is 13.2 Å². The predicted molar refractivity (Wildman–Crippen MR) is 49.4 cm³/mol. The van der Waals surface area contributed by atoms with Gasteiger partial charge in [-0.3, -0.25) is 4.74 Å². The summed E-state index contributed by atoms with van der Waals surface area (Å²) in [7, 11) is 0. The Morgan fingerprint density at radius 2 is 1.86 bits per heavy atom. The lowest BCUT2D eigenvalue weighted by atomic mass is 10.0. The highest BCUT2D eigenvalue weighted by molar-refractivity contribution is 6.21. The summed E-state index contributed by atoms with van der Waals surface area (Å²) in [6.07, 6.45) is -4.56. The van der Waals surface area contributed by atoms with E-state index < -0.39 is 18.5 Å². The minimum atomic E-state index is -4.56. The molecular weight excluding hydrogens is 219 g/mol. The van der Waals surface area contributed by atoms with Gasteiger partial charge in [0.1, 0.15) is 0 Å². The van der Waals surface area contributed by atoms with Crippen molar-refractivity contribution in [3.05, 3.63) is 0 Å². The van der Waals surface area contributed by atoms with Crippen molar-refractivity contribution in [2.75, 3.05) is 13.2 Å². The van der Waals surface area contributed by atoms with Gasteiger partial charge < -0.3 is 5.32 Å². The fourth-order valence-electron chi connectivity index (χ4n) is 0.681. The zero-order chi connectivity index (χ0) is 11.4. The van der Waals surface area contributed by atoms with Crippen LogP contribution in [0.3, 0.4) is 0 Å². The lowest BCUT2D eigenvalue weighted by Gasteiger charge is -2.29. The molecule has 0 bridgehead atoms. The van der Waals surface area contributed by atoms with Crippen LogP contribution in [0.5, 0.6) is 0 Å². The first kappa shape index (κ1) is 14.0. The van der Waals surface area contributed by atoms with Gasteiger partial charge in [-0.2, -0.15) is 0 Å². The SMILES string of the molecule is CC(Cl)C(C)(C)NCCOC(F)(F)F. The summed E-state index contributed by atoms with van der Waals surface area (Å²) in [5, 5.41) is 2.70. The third kappa shape index (κ3) is 6.45. The fourth-order valence-corrected chi connectivity index (χ4v) is 0.758. The molecular formula is C8H15ClF3NO. The summed E-state index contributed by atoms with van der Waals surface area (Å²) >= 11 is 5.81. The second kappa shape index (κ2) is 5.19. The standard InChI is InChI=1S/C8H15ClF3NO/c1-6(9)7(2,3)13-4-5-14-8(10,11)12/h6,13H,4-5H2,1-3H3. The first-order chi connectivity index (χ1) is 6.15. The second-order valence-electron chi connectivity index (χ2n) is 3.56. The molecule has 1 N–H and O–H groups in total. The molecule has 0 aliphatic heterocycles. The van der Waals surface area contributed by atoms with Crippen LogP contribution in [0.1, 0.15) is 20.8 Å². The van der Waals surface area contributed by atoms with Gasteiger partial charge in [0.2, 0.25) is 0 Å². The van der Waals surface area contributed by atoms with Crippen LogP contribution in [-0.2, 0) is 4.74 Å². The molecule has 0 aliphatic rings. The van der Waals surface area contributed by atoms with Crippen molar-refractivity contribution in [2.24, 2.45) is 0 Å². The van der Waals surface area contributed by atoms with E-state index in [-0.39, 0.29) is 11.9 Å². The monoisotopic (exact) mass is 233 g/mol. The molecule has 6 heteroatoms. The van der Waals surface area contributed by atoms with Gasteiger partial charge in [-0.15, -0.1) is 24.8 Å². The fraction of sp³-hybridized carbons (Fsp3) is 1.00. The number of ether oxygens (including phenoxy) is 1. The second-order valence-corrected chi connectivity index (χ2v) is 4.21. The number of alkyl halides is 4. The molecule has 2 nitrogen and oxygen atoms in total. The van der Waals surface area contributed by atoms with Crippen molar-refractivity contribution in [3.8, 4) is 0 Å². The Labute approximate surface area is 86.8 Å². The van der Waals surface area contributed by atoms with Gasteiger partial charge in [-0.05, 0) is 20.8 Å². The molecule has 14 heavy (non-hydrogen) atoms. The smallest absolute Gasteiger partial charge is 0.308 e. The van der Waals surface area contributed by atoms with Gasteiger partial charge in [0, 0.05) is 17.5 Å². The van der Waals surface area contributed by atoms with E-state index in [0.717, 1.165) is 0 Å². The van der Waals surface area contributed by atoms with E-state index in [0.29, 0.717) is 0 Å². The van der Waals surface area contributed by atoms with Crippen LogP contribution in [0.2, 0.25) is 0 Å². The highest BCUT2D eigenvalue weighted by Gasteiger charge is 2.29. The number of rotatable bonds is 5. The van der Waals surface area contributed by atoms with Gasteiger partial charge in [0.05, 0.1) is 6.61 Å². The molecule has 0 aromatic heterocycles. The Morgan fingerprint density at radius 1 is 1.36 bits per heavy atom. The molecule has 86 valence electrons. The maximum atomic E-state index is 11.6. The van der Waals surface area contributed by atoms with Gasteiger partial charge in [0.15, 0.2) is 0 Å². The van der Waals surface area contributed by atoms with E-state index in [1.165, 1.54) is 0 Å². The molecule has 0 aromatic carbocycles. The summed E-state index contributed by atoms with van der Waals surface area (Å²) in [4.78, 5) is 0. The summed E-state index contributed by atoms with van der Waals surface area (Å²) in [5.41, 5.74) is -0.406. The van der Waals surface area contributed by atoms with Crippen LogP contribution < -0.4 is 5.32 Å². The molecule has 0 spiro atoms. The first-order valence-electron chi connectivity index (χ1n) is 4.25. The van der Waals surface area contributed by atoms with Crippen molar-refractivity contribution in [1.82, 2.24) is 5.32 Å². The van der Waals surface area contributed by atoms with Crippen LogP contribution in [0.4, 0.5) is 13.2 Å². The van der Waals surface area contributed by atoms with Gasteiger partial charge >= 0.3 is 6.36 Å². The third-order valence-corrected chi connectivity index (χ3v) is 2.49. The summed E-state index contributed by atoms with van der Waals surface area (Å²) in [6.45, 7) is 5.12. The molecule has 0 aromatic rings. The van der Waals surface area contributed by atoms with Crippen molar-refractivity contribution < 1.29 is 17.9 Å². The Bertz CT molecular complexity index is 170. The first-order valence-corrected chi connectivity index (χ1v) is 4.68. The minimum absolute atomic E-state index is 0.115. The lowest BCUT2D eigenvalue weighted by Crippen LogP contribution is -2.47. The largest absolute Gasteiger partial charge is 0.522 e. The number of hydrogen-bond acceptors (Lipinski definition) is 2. The molecule has 0 amide bonds. The van der Waals surface area contributed by atoms with Crippen molar-refractivity contribution >= 4 is 11.6 Å². The zero-order valence-corrected chi connectivity index (χ0v) is 9.17. The zero-order valence-electron chi connectivity index (χ0n) is 8.41. The molecule has 0 aliphatic carbocycles. The van der Waals surface area contributed by atoms with Crippen molar-refractivity contribution in [3.63, 3.8) is 0 Å². The van der Waals surface area contributed by atoms with Crippen molar-refractivity contribution in [1.29, 1.82) is 0 Å². The average molecular weight is 234 g/mol. The highest BCUT2D eigenvalue weighted by Crippen LogP contribution is 2.16. The Morgan fingerprint density at radius 3 is 2.21 bits per heavy atom. The minimum Gasteiger partial charge on any atom is -0.308 e. The van der Waals surface area contributed by atoms with Gasteiger partial charge in [0.25, 0.3) is 0 Å². The summed E-state index contributed by atoms with van der Waals surface area (Å²) < 4.78 is 38.3. The van der Waals surface area contributed by atoms with E-state index in [4.69, 9.17) is 11.6 Å². The van der Waals surface area contributed by atoms with Crippen LogP contribution >= 0.6 is 11.6 Å². The molecule has 1 atom stereocenters.